The van der Waals surface area contributed by atoms with Crippen molar-refractivity contribution in [2.75, 3.05) is 0 Å². The number of rotatable bonds is 7. The number of carbonyl (C=O) groups excluding carboxylic acids is 1. The fraction of sp³-hybridized carbons (Fsp3) is 0.406. The number of hydrogen-bond acceptors (Lipinski definition) is 8. The Labute approximate surface area is 249 Å². The molecule has 0 radical (unpaired) electrons. The average Bonchev–Trinajstić information content (AvgIpc) is 3.58. The largest absolute Gasteiger partial charge is 0.488 e. The number of ether oxygens (including phenoxy) is 3. The molecule has 224 valence electrons. The fourth-order valence-electron chi connectivity index (χ4n) is 5.69. The quantitative estimate of drug-likeness (QED) is 0.269. The lowest BCUT2D eigenvalue weighted by atomic mass is 9.98. The van der Waals surface area contributed by atoms with Crippen molar-refractivity contribution in [1.29, 1.82) is 0 Å². The molecule has 43 heavy (non-hydrogen) atoms. The summed E-state index contributed by atoms with van der Waals surface area (Å²) in [7, 11) is 1.85. The summed E-state index contributed by atoms with van der Waals surface area (Å²) in [6.45, 7) is 5.78. The second kappa shape index (κ2) is 11.6. The molecule has 2 saturated heterocycles. The fourth-order valence-corrected chi connectivity index (χ4v) is 5.69. The first-order chi connectivity index (χ1) is 20.6. The lowest BCUT2D eigenvalue weighted by Gasteiger charge is -2.41. The predicted octanol–water partition coefficient (Wildman–Crippen LogP) is 5.78. The number of pyridine rings is 1. The number of aromatic nitrogens is 5. The lowest BCUT2D eigenvalue weighted by Crippen LogP contribution is -2.57. The highest BCUT2D eigenvalue weighted by atomic mass is 19.1. The van der Waals surface area contributed by atoms with Crippen LogP contribution in [0.4, 0.5) is 9.18 Å². The first-order valence-electron chi connectivity index (χ1n) is 14.5. The molecule has 0 saturated carbocycles. The van der Waals surface area contributed by atoms with Crippen LogP contribution in [0.15, 0.2) is 67.1 Å². The van der Waals surface area contributed by atoms with E-state index in [0.717, 1.165) is 11.1 Å². The number of piperidine rings is 1. The maximum atomic E-state index is 15.6. The molecule has 2 fully saturated rings. The molecular formula is C32H35FN6O4. The van der Waals surface area contributed by atoms with E-state index in [2.05, 4.69) is 20.3 Å². The number of fused-ring (bicyclic) bond motifs is 2. The number of amides is 1. The summed E-state index contributed by atoms with van der Waals surface area (Å²) in [6, 6.07) is 14.5. The summed E-state index contributed by atoms with van der Waals surface area (Å²) in [5.74, 6) is 0.809. The van der Waals surface area contributed by atoms with Crippen LogP contribution in [0.2, 0.25) is 0 Å². The van der Waals surface area contributed by atoms with Crippen LogP contribution in [-0.2, 0) is 18.4 Å². The first-order valence-corrected chi connectivity index (χ1v) is 14.5. The van der Waals surface area contributed by atoms with Crippen molar-refractivity contribution >= 4 is 6.09 Å². The minimum Gasteiger partial charge on any atom is -0.488 e. The van der Waals surface area contributed by atoms with E-state index in [0.29, 0.717) is 48.6 Å². The minimum absolute atomic E-state index is 0.141. The van der Waals surface area contributed by atoms with Gasteiger partial charge < -0.3 is 14.2 Å². The number of alkyl halides is 1. The van der Waals surface area contributed by atoms with E-state index in [1.807, 2.05) is 70.4 Å². The molecule has 5 heterocycles. The van der Waals surface area contributed by atoms with Crippen molar-refractivity contribution in [3.05, 3.63) is 72.7 Å². The summed E-state index contributed by atoms with van der Waals surface area (Å²) in [5, 5.41) is 12.9. The van der Waals surface area contributed by atoms with Crippen molar-refractivity contribution in [3.63, 3.8) is 0 Å². The van der Waals surface area contributed by atoms with Gasteiger partial charge in [-0.3, -0.25) is 14.6 Å². The molecule has 2 aliphatic rings. The number of aryl methyl sites for hydroxylation is 1. The van der Waals surface area contributed by atoms with Gasteiger partial charge >= 0.3 is 6.09 Å². The van der Waals surface area contributed by atoms with E-state index in [4.69, 9.17) is 14.2 Å². The highest BCUT2D eigenvalue weighted by molar-refractivity contribution is 5.71. The second-order valence-corrected chi connectivity index (χ2v) is 12.0. The number of benzene rings is 1. The number of nitrogens with zero attached hydrogens (tertiary/aromatic N) is 6. The summed E-state index contributed by atoms with van der Waals surface area (Å²) in [5.41, 5.74) is 3.16. The maximum absolute atomic E-state index is 15.6. The minimum atomic E-state index is -1.37. The van der Waals surface area contributed by atoms with Gasteiger partial charge in [0.25, 0.3) is 0 Å². The van der Waals surface area contributed by atoms with Crippen molar-refractivity contribution in [3.8, 4) is 34.1 Å². The third-order valence-corrected chi connectivity index (χ3v) is 7.67. The molecule has 11 heteroatoms. The molecule has 1 aromatic carbocycles. The van der Waals surface area contributed by atoms with Crippen LogP contribution < -0.4 is 9.47 Å². The molecule has 0 unspecified atom stereocenters. The van der Waals surface area contributed by atoms with Gasteiger partial charge in [-0.2, -0.15) is 5.10 Å². The molecule has 3 aromatic heterocycles. The summed E-state index contributed by atoms with van der Waals surface area (Å²) < 4.78 is 35.1. The van der Waals surface area contributed by atoms with Gasteiger partial charge in [0.1, 0.15) is 24.1 Å². The zero-order valence-corrected chi connectivity index (χ0v) is 24.7. The Morgan fingerprint density at radius 3 is 2.56 bits per heavy atom. The zero-order chi connectivity index (χ0) is 30.1. The van der Waals surface area contributed by atoms with E-state index in [1.54, 1.807) is 34.1 Å². The van der Waals surface area contributed by atoms with Gasteiger partial charge in [-0.1, -0.05) is 30.3 Å². The van der Waals surface area contributed by atoms with Crippen molar-refractivity contribution in [1.82, 2.24) is 29.9 Å². The number of carbonyl (C=O) groups is 1. The van der Waals surface area contributed by atoms with Crippen molar-refractivity contribution in [2.45, 2.75) is 76.6 Å². The Kier molecular flexibility index (Phi) is 7.72. The summed E-state index contributed by atoms with van der Waals surface area (Å²) in [6.07, 6.45) is 4.41. The van der Waals surface area contributed by atoms with E-state index in [9.17, 15) is 4.79 Å². The van der Waals surface area contributed by atoms with E-state index >= 15 is 4.39 Å². The van der Waals surface area contributed by atoms with E-state index < -0.39 is 30.0 Å². The van der Waals surface area contributed by atoms with Gasteiger partial charge in [0.05, 0.1) is 29.2 Å². The highest BCUT2D eigenvalue weighted by Gasteiger charge is 2.52. The molecule has 0 N–H and O–H groups in total. The van der Waals surface area contributed by atoms with Crippen LogP contribution in [-0.4, -0.2) is 65.9 Å². The smallest absolute Gasteiger partial charge is 0.410 e. The molecule has 1 amide bonds. The molecule has 0 aliphatic carbocycles. The summed E-state index contributed by atoms with van der Waals surface area (Å²) in [4.78, 5) is 19.0. The molecular weight excluding hydrogens is 551 g/mol. The lowest BCUT2D eigenvalue weighted by molar-refractivity contribution is -0.0412. The zero-order valence-electron chi connectivity index (χ0n) is 24.7. The SMILES string of the molecule is Cn1cc(-c2cc(OCc3ccccc3)c(-c3ccc(O[C@@H]4C[C@H]5CC[C@@H]([C@@H]4F)N5C(=O)OC(C)(C)C)nn3)cn2)cn1. The topological polar surface area (TPSA) is 104 Å². The normalized spacial score (nSPS) is 21.5. The number of halogens is 1. The van der Waals surface area contributed by atoms with Crippen LogP contribution in [0.25, 0.3) is 22.5 Å². The molecule has 0 spiro atoms. The Morgan fingerprint density at radius 2 is 1.86 bits per heavy atom. The average molecular weight is 587 g/mol. The highest BCUT2D eigenvalue weighted by Crippen LogP contribution is 2.40. The predicted molar refractivity (Wildman–Crippen MR) is 157 cm³/mol. The van der Waals surface area contributed by atoms with Crippen LogP contribution in [0, 0.1) is 0 Å². The molecule has 2 bridgehead atoms. The monoisotopic (exact) mass is 586 g/mol. The number of hydrogen-bond donors (Lipinski definition) is 0. The third kappa shape index (κ3) is 6.30. The standard InChI is InChI=1S/C32H35FN6O4/c1-32(2,3)43-31(40)39-22-10-12-26(39)30(33)28(14-22)42-29-13-11-24(36-37-29)23-17-34-25(21-16-35-38(4)18-21)15-27(23)41-19-20-8-6-5-7-9-20/h5-9,11,13,15-18,22,26,28,30H,10,12,14,19H2,1-4H3/t22-,26+,28-,30+/m1/s1. The molecule has 10 nitrogen and oxygen atoms in total. The molecule has 2 aliphatic heterocycles. The van der Waals surface area contributed by atoms with Crippen LogP contribution in [0.5, 0.6) is 11.6 Å². The van der Waals surface area contributed by atoms with Gasteiger partial charge in [-0.15, -0.1) is 10.2 Å². The Bertz CT molecular complexity index is 1570. The van der Waals surface area contributed by atoms with Gasteiger partial charge in [-0.05, 0) is 45.2 Å². The van der Waals surface area contributed by atoms with Crippen molar-refractivity contribution in [2.24, 2.45) is 7.05 Å². The van der Waals surface area contributed by atoms with Crippen molar-refractivity contribution < 1.29 is 23.4 Å². The third-order valence-electron chi connectivity index (χ3n) is 7.67. The first kappa shape index (κ1) is 28.6. The van der Waals surface area contributed by atoms with Crippen LogP contribution >= 0.6 is 0 Å². The Morgan fingerprint density at radius 1 is 1.05 bits per heavy atom. The van der Waals surface area contributed by atoms with Gasteiger partial charge in [0, 0.05) is 49.6 Å². The van der Waals surface area contributed by atoms with E-state index in [1.165, 1.54) is 0 Å². The summed E-state index contributed by atoms with van der Waals surface area (Å²) >= 11 is 0. The van der Waals surface area contributed by atoms with Crippen LogP contribution in [0.3, 0.4) is 0 Å². The van der Waals surface area contributed by atoms with E-state index in [-0.39, 0.29) is 11.9 Å². The van der Waals surface area contributed by atoms with Gasteiger partial charge in [-0.25, -0.2) is 9.18 Å². The van der Waals surface area contributed by atoms with Crippen LogP contribution in [0.1, 0.15) is 45.6 Å². The molecule has 4 aromatic rings. The van der Waals surface area contributed by atoms with Gasteiger partial charge in [0.15, 0.2) is 6.17 Å². The molecule has 6 rings (SSSR count). The molecule has 4 atom stereocenters. The second-order valence-electron chi connectivity index (χ2n) is 12.0. The van der Waals surface area contributed by atoms with Gasteiger partial charge in [0.2, 0.25) is 5.88 Å². The Balaban J connectivity index is 1.19. The maximum Gasteiger partial charge on any atom is 0.410 e. The Hall–Kier alpha value is -4.54.